The van der Waals surface area contributed by atoms with Gasteiger partial charge in [-0.05, 0) is 17.7 Å². The number of benzene rings is 2. The van der Waals surface area contributed by atoms with Crippen LogP contribution in [0.15, 0.2) is 60.9 Å². The molecule has 0 radical (unpaired) electrons. The van der Waals surface area contributed by atoms with Crippen LogP contribution in [0.1, 0.15) is 11.1 Å². The molecule has 0 spiro atoms. The second kappa shape index (κ2) is 6.71. The zero-order valence-electron chi connectivity index (χ0n) is 14.0. The number of nitrogens with zero attached hydrogens (tertiary/aromatic N) is 3. The highest BCUT2D eigenvalue weighted by Crippen LogP contribution is 2.30. The van der Waals surface area contributed by atoms with Crippen LogP contribution in [0.2, 0.25) is 0 Å². The number of alkyl halides is 3. The van der Waals surface area contributed by atoms with Crippen molar-refractivity contribution < 1.29 is 13.2 Å². The third kappa shape index (κ3) is 3.59. The van der Waals surface area contributed by atoms with Gasteiger partial charge in [0.1, 0.15) is 5.52 Å². The first-order chi connectivity index (χ1) is 13.0. The summed E-state index contributed by atoms with van der Waals surface area (Å²) in [5.41, 5.74) is 1.72. The number of imidazole rings is 1. The third-order valence-electron chi connectivity index (χ3n) is 4.03. The van der Waals surface area contributed by atoms with Crippen LogP contribution < -0.4 is 5.32 Å². The van der Waals surface area contributed by atoms with E-state index in [9.17, 15) is 13.2 Å². The summed E-state index contributed by atoms with van der Waals surface area (Å²) in [4.78, 5) is 16.1. The summed E-state index contributed by atoms with van der Waals surface area (Å²) in [7, 11) is 0. The van der Waals surface area contributed by atoms with Gasteiger partial charge in [0.2, 0.25) is 0 Å². The molecule has 5 nitrogen and oxygen atoms in total. The number of hydrogen-bond acceptors (Lipinski definition) is 4. The predicted octanol–water partition coefficient (Wildman–Crippen LogP) is 4.65. The molecule has 0 saturated carbocycles. The first-order valence-corrected chi connectivity index (χ1v) is 8.17. The summed E-state index contributed by atoms with van der Waals surface area (Å²) in [6.45, 7) is 0.184. The Hall–Kier alpha value is -3.42. The van der Waals surface area contributed by atoms with Crippen LogP contribution in [-0.4, -0.2) is 19.9 Å². The molecule has 0 fully saturated rings. The fourth-order valence-electron chi connectivity index (χ4n) is 2.72. The van der Waals surface area contributed by atoms with E-state index in [4.69, 9.17) is 0 Å². The molecular weight excluding hydrogens is 355 g/mol. The number of halogens is 3. The number of fused-ring (bicyclic) bond motifs is 1. The van der Waals surface area contributed by atoms with E-state index < -0.39 is 11.7 Å². The van der Waals surface area contributed by atoms with Crippen LogP contribution in [0.25, 0.3) is 22.6 Å². The molecule has 0 amide bonds. The SMILES string of the molecule is FC(F)(F)c1cccc(CNc2nc(-c3ccccc3)nc3nc[nH]c23)c1. The lowest BCUT2D eigenvalue weighted by Crippen LogP contribution is -2.08. The van der Waals surface area contributed by atoms with Gasteiger partial charge in [0.25, 0.3) is 0 Å². The molecule has 2 N–H and O–H groups in total. The van der Waals surface area contributed by atoms with Crippen molar-refractivity contribution in [2.75, 3.05) is 5.32 Å². The van der Waals surface area contributed by atoms with Crippen molar-refractivity contribution in [1.29, 1.82) is 0 Å². The smallest absolute Gasteiger partial charge is 0.364 e. The largest absolute Gasteiger partial charge is 0.416 e. The number of anilines is 1. The third-order valence-corrected chi connectivity index (χ3v) is 4.03. The molecule has 136 valence electrons. The monoisotopic (exact) mass is 369 g/mol. The van der Waals surface area contributed by atoms with Gasteiger partial charge in [-0.2, -0.15) is 13.2 Å². The Morgan fingerprint density at radius 3 is 2.56 bits per heavy atom. The average molecular weight is 369 g/mol. The van der Waals surface area contributed by atoms with Crippen LogP contribution in [0.3, 0.4) is 0 Å². The van der Waals surface area contributed by atoms with Gasteiger partial charge in [0, 0.05) is 12.1 Å². The lowest BCUT2D eigenvalue weighted by atomic mass is 10.1. The Morgan fingerprint density at radius 1 is 0.963 bits per heavy atom. The number of hydrogen-bond donors (Lipinski definition) is 2. The molecule has 8 heteroatoms. The lowest BCUT2D eigenvalue weighted by Gasteiger charge is -2.11. The van der Waals surface area contributed by atoms with Crippen LogP contribution >= 0.6 is 0 Å². The molecule has 4 rings (SSSR count). The quantitative estimate of drug-likeness (QED) is 0.549. The van der Waals surface area contributed by atoms with Gasteiger partial charge in [-0.15, -0.1) is 0 Å². The Morgan fingerprint density at radius 2 is 1.78 bits per heavy atom. The number of aromatic amines is 1. The van der Waals surface area contributed by atoms with Gasteiger partial charge in [0.05, 0.1) is 11.9 Å². The minimum Gasteiger partial charge on any atom is -0.364 e. The minimum absolute atomic E-state index is 0.184. The van der Waals surface area contributed by atoms with Gasteiger partial charge in [-0.25, -0.2) is 15.0 Å². The minimum atomic E-state index is -4.37. The summed E-state index contributed by atoms with van der Waals surface area (Å²) in [6, 6.07) is 14.6. The summed E-state index contributed by atoms with van der Waals surface area (Å²) < 4.78 is 38.7. The lowest BCUT2D eigenvalue weighted by molar-refractivity contribution is -0.137. The predicted molar refractivity (Wildman–Crippen MR) is 95.9 cm³/mol. The highest BCUT2D eigenvalue weighted by atomic mass is 19.4. The maximum Gasteiger partial charge on any atom is 0.416 e. The van der Waals surface area contributed by atoms with E-state index in [1.54, 1.807) is 6.07 Å². The molecule has 27 heavy (non-hydrogen) atoms. The van der Waals surface area contributed by atoms with E-state index in [0.717, 1.165) is 17.7 Å². The summed E-state index contributed by atoms with van der Waals surface area (Å²) in [5.74, 6) is 0.968. The normalized spacial score (nSPS) is 11.7. The Labute approximate surface area is 152 Å². The molecule has 0 saturated heterocycles. The molecule has 0 aliphatic heterocycles. The highest BCUT2D eigenvalue weighted by Gasteiger charge is 2.30. The topological polar surface area (TPSA) is 66.5 Å². The van der Waals surface area contributed by atoms with Crippen molar-refractivity contribution in [2.24, 2.45) is 0 Å². The number of nitrogens with one attached hydrogen (secondary N) is 2. The average Bonchev–Trinajstić information content (AvgIpc) is 3.15. The molecule has 0 aliphatic carbocycles. The van der Waals surface area contributed by atoms with Crippen molar-refractivity contribution in [1.82, 2.24) is 19.9 Å². The van der Waals surface area contributed by atoms with Crippen LogP contribution in [-0.2, 0) is 12.7 Å². The molecule has 4 aromatic rings. The van der Waals surface area contributed by atoms with Gasteiger partial charge in [-0.3, -0.25) is 0 Å². The molecule has 0 bridgehead atoms. The fraction of sp³-hybridized carbons (Fsp3) is 0.105. The van der Waals surface area contributed by atoms with Crippen LogP contribution in [0.5, 0.6) is 0 Å². The Bertz CT molecular complexity index is 1070. The molecule has 0 aliphatic rings. The van der Waals surface area contributed by atoms with E-state index >= 15 is 0 Å². The van der Waals surface area contributed by atoms with Crippen molar-refractivity contribution in [3.63, 3.8) is 0 Å². The van der Waals surface area contributed by atoms with Crippen molar-refractivity contribution >= 4 is 17.0 Å². The van der Waals surface area contributed by atoms with E-state index in [-0.39, 0.29) is 6.54 Å². The number of H-pyrrole nitrogens is 1. The van der Waals surface area contributed by atoms with Crippen molar-refractivity contribution in [3.05, 3.63) is 72.1 Å². The summed E-state index contributed by atoms with van der Waals surface area (Å²) in [6.07, 6.45) is -2.87. The molecular formula is C19H14F3N5. The standard InChI is InChI=1S/C19H14F3N5/c20-19(21,22)14-8-4-5-12(9-14)10-23-17-15-18(25-11-24-15)27-16(26-17)13-6-2-1-3-7-13/h1-9,11H,10H2,(H2,23,24,25,26,27). The molecule has 2 aromatic heterocycles. The zero-order chi connectivity index (χ0) is 18.9. The Kier molecular flexibility index (Phi) is 4.23. The van der Waals surface area contributed by atoms with Gasteiger partial charge in [-0.1, -0.05) is 42.5 Å². The Balaban J connectivity index is 1.65. The van der Waals surface area contributed by atoms with E-state index in [1.807, 2.05) is 30.3 Å². The first-order valence-electron chi connectivity index (χ1n) is 8.17. The van der Waals surface area contributed by atoms with Gasteiger partial charge >= 0.3 is 6.18 Å². The number of aromatic nitrogens is 4. The molecule has 0 atom stereocenters. The van der Waals surface area contributed by atoms with Gasteiger partial charge in [0.15, 0.2) is 17.3 Å². The van der Waals surface area contributed by atoms with Crippen LogP contribution in [0.4, 0.5) is 19.0 Å². The van der Waals surface area contributed by atoms with E-state index in [1.165, 1.54) is 12.4 Å². The molecule has 0 unspecified atom stereocenters. The summed E-state index contributed by atoms with van der Waals surface area (Å²) >= 11 is 0. The van der Waals surface area contributed by atoms with Crippen molar-refractivity contribution in [3.8, 4) is 11.4 Å². The number of rotatable bonds is 4. The van der Waals surface area contributed by atoms with E-state index in [0.29, 0.717) is 28.4 Å². The summed E-state index contributed by atoms with van der Waals surface area (Å²) in [5, 5.41) is 3.09. The van der Waals surface area contributed by atoms with Crippen molar-refractivity contribution in [2.45, 2.75) is 12.7 Å². The zero-order valence-corrected chi connectivity index (χ0v) is 14.0. The highest BCUT2D eigenvalue weighted by molar-refractivity contribution is 5.84. The van der Waals surface area contributed by atoms with E-state index in [2.05, 4.69) is 25.3 Å². The molecule has 2 heterocycles. The fourth-order valence-corrected chi connectivity index (χ4v) is 2.72. The molecule has 2 aromatic carbocycles. The maximum atomic E-state index is 12.9. The second-order valence-corrected chi connectivity index (χ2v) is 5.91. The van der Waals surface area contributed by atoms with Gasteiger partial charge < -0.3 is 10.3 Å². The second-order valence-electron chi connectivity index (χ2n) is 5.91. The van der Waals surface area contributed by atoms with Crippen LogP contribution in [0, 0.1) is 0 Å². The first kappa shape index (κ1) is 17.0. The maximum absolute atomic E-state index is 12.9.